The normalized spacial score (nSPS) is 10.2. The van der Waals surface area contributed by atoms with Gasteiger partial charge in [0.15, 0.2) is 0 Å². The Morgan fingerprint density at radius 3 is 2.83 bits per heavy atom. The van der Waals surface area contributed by atoms with Crippen LogP contribution >= 0.6 is 12.2 Å². The molecule has 1 heterocycles. The average molecular weight is 183 g/mol. The molecule has 1 aromatic heterocycles. The van der Waals surface area contributed by atoms with Gasteiger partial charge in [-0.2, -0.15) is 4.73 Å². The molecule has 12 heavy (non-hydrogen) atoms. The fourth-order valence-corrected chi connectivity index (χ4v) is 1.54. The van der Waals surface area contributed by atoms with E-state index in [1.165, 1.54) is 0 Å². The van der Waals surface area contributed by atoms with Crippen molar-refractivity contribution in [3.63, 3.8) is 0 Å². The monoisotopic (exact) mass is 183 g/mol. The molecule has 66 valence electrons. The lowest BCUT2D eigenvalue weighted by Crippen LogP contribution is -2.00. The van der Waals surface area contributed by atoms with Gasteiger partial charge in [-0.25, -0.2) is 0 Å². The van der Waals surface area contributed by atoms with Gasteiger partial charge in [-0.05, 0) is 30.5 Å². The summed E-state index contributed by atoms with van der Waals surface area (Å²) in [6.45, 7) is 4.11. The van der Waals surface area contributed by atoms with E-state index >= 15 is 0 Å². The maximum atomic E-state index is 9.26. The fraction of sp³-hybridized carbons (Fsp3) is 0.444. The molecule has 0 amide bonds. The summed E-state index contributed by atoms with van der Waals surface area (Å²) in [6, 6.07) is 1.88. The number of aromatic nitrogens is 1. The van der Waals surface area contributed by atoms with Gasteiger partial charge in [0.25, 0.3) is 0 Å². The average Bonchev–Trinajstić information content (AvgIpc) is 2.06. The van der Waals surface area contributed by atoms with Crippen molar-refractivity contribution in [2.24, 2.45) is 0 Å². The molecule has 0 saturated heterocycles. The van der Waals surface area contributed by atoms with Crippen molar-refractivity contribution in [3.8, 4) is 0 Å². The van der Waals surface area contributed by atoms with Crippen molar-refractivity contribution in [1.82, 2.24) is 4.73 Å². The highest BCUT2D eigenvalue weighted by Gasteiger charge is 2.01. The van der Waals surface area contributed by atoms with Gasteiger partial charge < -0.3 is 5.21 Å². The molecule has 1 rings (SSSR count). The van der Waals surface area contributed by atoms with Crippen LogP contribution in [0.2, 0.25) is 0 Å². The summed E-state index contributed by atoms with van der Waals surface area (Å²) >= 11 is 5.06. The Bertz CT molecular complexity index is 330. The zero-order chi connectivity index (χ0) is 9.14. The molecular formula is C9H13NOS. The van der Waals surface area contributed by atoms with Crippen LogP contribution in [0.4, 0.5) is 0 Å². The van der Waals surface area contributed by atoms with Crippen LogP contribution in [-0.2, 0) is 6.42 Å². The lowest BCUT2D eigenvalue weighted by atomic mass is 10.1. The first-order valence-electron chi connectivity index (χ1n) is 4.07. The second kappa shape index (κ2) is 3.72. The van der Waals surface area contributed by atoms with E-state index in [4.69, 9.17) is 12.2 Å². The van der Waals surface area contributed by atoms with Gasteiger partial charge in [0.05, 0.1) is 0 Å². The Labute approximate surface area is 77.4 Å². The maximum Gasteiger partial charge on any atom is 0.145 e. The van der Waals surface area contributed by atoms with Crippen LogP contribution in [0.5, 0.6) is 0 Å². The highest BCUT2D eigenvalue weighted by molar-refractivity contribution is 7.71. The van der Waals surface area contributed by atoms with Crippen LogP contribution in [0.3, 0.4) is 0 Å². The minimum absolute atomic E-state index is 0.539. The minimum atomic E-state index is 0.539. The quantitative estimate of drug-likeness (QED) is 0.563. The topological polar surface area (TPSA) is 25.2 Å². The van der Waals surface area contributed by atoms with E-state index < -0.39 is 0 Å². The summed E-state index contributed by atoms with van der Waals surface area (Å²) in [4.78, 5) is 0. The summed E-state index contributed by atoms with van der Waals surface area (Å²) in [5.74, 6) is 0. The predicted molar refractivity (Wildman–Crippen MR) is 51.2 cm³/mol. The molecular weight excluding hydrogens is 170 g/mol. The van der Waals surface area contributed by atoms with Crippen LogP contribution in [0.1, 0.15) is 24.5 Å². The van der Waals surface area contributed by atoms with Gasteiger partial charge in [-0.3, -0.25) is 0 Å². The van der Waals surface area contributed by atoms with E-state index in [1.54, 1.807) is 6.20 Å². The molecule has 0 unspecified atom stereocenters. The van der Waals surface area contributed by atoms with E-state index in [9.17, 15) is 5.21 Å². The summed E-state index contributed by atoms with van der Waals surface area (Å²) in [5.41, 5.74) is 2.24. The van der Waals surface area contributed by atoms with E-state index in [1.807, 2.05) is 13.0 Å². The molecule has 0 radical (unpaired) electrons. The Kier molecular flexibility index (Phi) is 2.87. The lowest BCUT2D eigenvalue weighted by Gasteiger charge is -2.06. The molecule has 0 aliphatic rings. The first-order chi connectivity index (χ1) is 5.66. The molecule has 1 aromatic rings. The van der Waals surface area contributed by atoms with E-state index in [0.29, 0.717) is 4.64 Å². The fourth-order valence-electron chi connectivity index (χ4n) is 1.21. The molecule has 0 fully saturated rings. The second-order valence-corrected chi connectivity index (χ2v) is 3.26. The lowest BCUT2D eigenvalue weighted by molar-refractivity contribution is 0.179. The Morgan fingerprint density at radius 1 is 1.58 bits per heavy atom. The van der Waals surface area contributed by atoms with E-state index in [2.05, 4.69) is 6.92 Å². The van der Waals surface area contributed by atoms with Gasteiger partial charge in [0, 0.05) is 6.20 Å². The highest BCUT2D eigenvalue weighted by Crippen LogP contribution is 2.11. The maximum absolute atomic E-state index is 9.26. The molecule has 0 aliphatic heterocycles. The summed E-state index contributed by atoms with van der Waals surface area (Å²) in [6.07, 6.45) is 3.57. The molecule has 0 bridgehead atoms. The predicted octanol–water partition coefficient (Wildman–Crippen LogP) is 2.72. The van der Waals surface area contributed by atoms with Gasteiger partial charge in [-0.1, -0.05) is 25.6 Å². The first-order valence-corrected chi connectivity index (χ1v) is 4.48. The largest absolute Gasteiger partial charge is 0.428 e. The zero-order valence-electron chi connectivity index (χ0n) is 7.37. The minimum Gasteiger partial charge on any atom is -0.428 e. The number of hydrogen-bond acceptors (Lipinski definition) is 2. The van der Waals surface area contributed by atoms with Crippen LogP contribution in [0, 0.1) is 11.6 Å². The van der Waals surface area contributed by atoms with Crippen molar-refractivity contribution >= 4 is 12.2 Å². The van der Waals surface area contributed by atoms with Crippen molar-refractivity contribution < 1.29 is 5.21 Å². The summed E-state index contributed by atoms with van der Waals surface area (Å²) in [5, 5.41) is 9.26. The third kappa shape index (κ3) is 1.67. The van der Waals surface area contributed by atoms with Gasteiger partial charge in [0.1, 0.15) is 4.64 Å². The van der Waals surface area contributed by atoms with Crippen LogP contribution in [0.25, 0.3) is 0 Å². The molecule has 0 aromatic carbocycles. The molecule has 1 N–H and O–H groups in total. The zero-order valence-corrected chi connectivity index (χ0v) is 8.19. The number of hydrogen-bond donors (Lipinski definition) is 1. The number of pyridine rings is 1. The van der Waals surface area contributed by atoms with Crippen molar-refractivity contribution in [2.75, 3.05) is 0 Å². The van der Waals surface area contributed by atoms with Crippen LogP contribution in [-0.4, -0.2) is 9.94 Å². The number of rotatable bonds is 2. The van der Waals surface area contributed by atoms with Gasteiger partial charge in [-0.15, -0.1) is 0 Å². The Balaban J connectivity index is 3.24. The second-order valence-electron chi connectivity index (χ2n) is 2.88. The molecule has 0 saturated carbocycles. The standard InChI is InChI=1S/C9H13NOS/c1-3-4-8-7(2)5-6-10(11)9(8)12/h5-6,11H,3-4H2,1-2H3. The van der Waals surface area contributed by atoms with Crippen molar-refractivity contribution in [1.29, 1.82) is 0 Å². The number of aryl methyl sites for hydroxylation is 1. The molecule has 0 atom stereocenters. The Morgan fingerprint density at radius 2 is 2.25 bits per heavy atom. The third-order valence-corrected chi connectivity index (χ3v) is 2.34. The highest BCUT2D eigenvalue weighted by atomic mass is 32.1. The Hall–Kier alpha value is -0.830. The summed E-state index contributed by atoms with van der Waals surface area (Å²) in [7, 11) is 0. The molecule has 3 heteroatoms. The van der Waals surface area contributed by atoms with Gasteiger partial charge >= 0.3 is 0 Å². The van der Waals surface area contributed by atoms with Crippen molar-refractivity contribution in [2.45, 2.75) is 26.7 Å². The first kappa shape index (κ1) is 9.26. The van der Waals surface area contributed by atoms with E-state index in [-0.39, 0.29) is 0 Å². The number of nitrogens with zero attached hydrogens (tertiary/aromatic N) is 1. The van der Waals surface area contributed by atoms with Gasteiger partial charge in [0.2, 0.25) is 0 Å². The SMILES string of the molecule is CCCc1c(C)ccn(O)c1=S. The van der Waals surface area contributed by atoms with Crippen LogP contribution in [0.15, 0.2) is 12.3 Å². The van der Waals surface area contributed by atoms with E-state index in [0.717, 1.165) is 28.7 Å². The molecule has 2 nitrogen and oxygen atoms in total. The molecule has 0 aliphatic carbocycles. The van der Waals surface area contributed by atoms with Crippen LogP contribution < -0.4 is 0 Å². The van der Waals surface area contributed by atoms with Crippen molar-refractivity contribution in [3.05, 3.63) is 28.0 Å². The smallest absolute Gasteiger partial charge is 0.145 e. The molecule has 0 spiro atoms. The summed E-state index contributed by atoms with van der Waals surface area (Å²) < 4.78 is 1.55. The third-order valence-electron chi connectivity index (χ3n) is 1.91.